The minimum atomic E-state index is -0.484. The van der Waals surface area contributed by atoms with Crippen molar-refractivity contribution in [3.05, 3.63) is 12.2 Å². The van der Waals surface area contributed by atoms with Crippen LogP contribution in [-0.4, -0.2) is 11.3 Å². The van der Waals surface area contributed by atoms with Crippen LogP contribution in [0.3, 0.4) is 0 Å². The summed E-state index contributed by atoms with van der Waals surface area (Å²) < 4.78 is 0. The molecule has 0 bridgehead atoms. The average molecular weight is 316 g/mol. The summed E-state index contributed by atoms with van der Waals surface area (Å²) >= 11 is 5.78. The molecule has 0 rings (SSSR count). The van der Waals surface area contributed by atoms with E-state index in [0.717, 1.165) is 12.8 Å². The maximum atomic E-state index is 10.7. The van der Waals surface area contributed by atoms with Crippen molar-refractivity contribution < 1.29 is 4.79 Å². The Bertz CT molecular complexity index is 266. The quantitative estimate of drug-likeness (QED) is 0.234. The fraction of sp³-hybridized carbons (Fsp3) is 0.833. The number of hydrogen-bond donors (Lipinski definition) is 1. The first-order valence-corrected chi connectivity index (χ1v) is 9.20. The van der Waals surface area contributed by atoms with Crippen molar-refractivity contribution in [2.24, 2.45) is 5.73 Å². The van der Waals surface area contributed by atoms with Gasteiger partial charge >= 0.3 is 0 Å². The number of carbonyl (C=O) groups is 1. The fourth-order valence-corrected chi connectivity index (χ4v) is 2.51. The zero-order valence-corrected chi connectivity index (χ0v) is 14.5. The number of alkyl halides is 1. The van der Waals surface area contributed by atoms with Crippen molar-refractivity contribution in [2.45, 2.75) is 95.8 Å². The van der Waals surface area contributed by atoms with Gasteiger partial charge < -0.3 is 5.73 Å². The van der Waals surface area contributed by atoms with E-state index in [1.165, 1.54) is 64.2 Å². The molecule has 0 aromatic heterocycles. The molecule has 1 unspecified atom stereocenters. The maximum absolute atomic E-state index is 10.7. The van der Waals surface area contributed by atoms with Crippen molar-refractivity contribution in [1.82, 2.24) is 0 Å². The van der Waals surface area contributed by atoms with Crippen molar-refractivity contribution in [2.75, 3.05) is 0 Å². The molecule has 0 heterocycles. The smallest absolute Gasteiger partial charge is 0.235 e. The van der Waals surface area contributed by atoms with Gasteiger partial charge in [-0.2, -0.15) is 0 Å². The van der Waals surface area contributed by atoms with Gasteiger partial charge in [0.05, 0.1) is 0 Å². The Balaban J connectivity index is 3.17. The molecule has 0 fully saturated rings. The van der Waals surface area contributed by atoms with Gasteiger partial charge in [-0.3, -0.25) is 4.79 Å². The number of nitrogens with two attached hydrogens (primary N) is 1. The Morgan fingerprint density at radius 1 is 0.905 bits per heavy atom. The number of carbonyl (C=O) groups excluding carboxylic acids is 1. The summed E-state index contributed by atoms with van der Waals surface area (Å²) in [7, 11) is 0. The highest BCUT2D eigenvalue weighted by Crippen LogP contribution is 2.11. The highest BCUT2D eigenvalue weighted by atomic mass is 35.5. The van der Waals surface area contributed by atoms with Gasteiger partial charge in [-0.1, -0.05) is 70.4 Å². The number of rotatable bonds is 15. The van der Waals surface area contributed by atoms with Crippen LogP contribution in [0.15, 0.2) is 12.2 Å². The predicted molar refractivity (Wildman–Crippen MR) is 93.7 cm³/mol. The lowest BCUT2D eigenvalue weighted by atomic mass is 10.1. The summed E-state index contributed by atoms with van der Waals surface area (Å²) in [5, 5.41) is -0.484. The molecule has 0 spiro atoms. The Kier molecular flexibility index (Phi) is 15.5. The van der Waals surface area contributed by atoms with E-state index in [1.54, 1.807) is 0 Å². The van der Waals surface area contributed by atoms with Gasteiger partial charge in [-0.05, 0) is 32.1 Å². The van der Waals surface area contributed by atoms with Crippen LogP contribution in [-0.2, 0) is 4.79 Å². The Labute approximate surface area is 136 Å². The molecule has 0 aromatic carbocycles. The second-order valence-electron chi connectivity index (χ2n) is 5.89. The monoisotopic (exact) mass is 315 g/mol. The molecule has 0 aliphatic heterocycles. The first-order chi connectivity index (χ1) is 10.2. The lowest BCUT2D eigenvalue weighted by molar-refractivity contribution is -0.117. The molecule has 0 radical (unpaired) electrons. The maximum Gasteiger partial charge on any atom is 0.235 e. The van der Waals surface area contributed by atoms with Crippen molar-refractivity contribution in [3.8, 4) is 0 Å². The number of halogens is 1. The van der Waals surface area contributed by atoms with E-state index >= 15 is 0 Å². The minimum Gasteiger partial charge on any atom is -0.368 e. The summed E-state index contributed by atoms with van der Waals surface area (Å²) in [5.74, 6) is -0.394. The van der Waals surface area contributed by atoms with E-state index in [1.807, 2.05) is 0 Å². The van der Waals surface area contributed by atoms with E-state index in [9.17, 15) is 4.79 Å². The van der Waals surface area contributed by atoms with Crippen LogP contribution in [0.1, 0.15) is 90.4 Å². The van der Waals surface area contributed by atoms with Crippen molar-refractivity contribution >= 4 is 17.5 Å². The largest absolute Gasteiger partial charge is 0.368 e. The lowest BCUT2D eigenvalue weighted by Gasteiger charge is -2.04. The van der Waals surface area contributed by atoms with Crippen LogP contribution in [0, 0.1) is 0 Å². The first-order valence-electron chi connectivity index (χ1n) is 8.76. The van der Waals surface area contributed by atoms with Gasteiger partial charge in [-0.25, -0.2) is 0 Å². The van der Waals surface area contributed by atoms with E-state index in [4.69, 9.17) is 17.3 Å². The second kappa shape index (κ2) is 15.9. The Hall–Kier alpha value is -0.500. The molecule has 0 saturated carbocycles. The number of unbranched alkanes of at least 4 members (excludes halogenated alkanes) is 10. The SMILES string of the molecule is CCCCCCCC/C=C\CCCCCCC(Cl)C(N)=O. The molecule has 0 saturated heterocycles. The first kappa shape index (κ1) is 20.5. The Morgan fingerprint density at radius 2 is 1.38 bits per heavy atom. The summed E-state index contributed by atoms with van der Waals surface area (Å²) in [6.45, 7) is 2.26. The van der Waals surface area contributed by atoms with Gasteiger partial charge in [0.25, 0.3) is 0 Å². The van der Waals surface area contributed by atoms with Crippen molar-refractivity contribution in [1.29, 1.82) is 0 Å². The molecule has 0 aromatic rings. The third-order valence-corrected chi connectivity index (χ3v) is 4.21. The molecule has 3 heteroatoms. The zero-order valence-electron chi connectivity index (χ0n) is 13.8. The third-order valence-electron chi connectivity index (χ3n) is 3.78. The number of allylic oxidation sites excluding steroid dienone is 2. The number of hydrogen-bond acceptors (Lipinski definition) is 1. The normalized spacial score (nSPS) is 12.9. The standard InChI is InChI=1S/C18H34ClNO/c1-2-3-4-5-6-7-8-9-10-11-12-13-14-15-16-17(19)18(20)21/h9-10,17H,2-8,11-16H2,1H3,(H2,20,21)/b10-9-. The third kappa shape index (κ3) is 15.7. The minimum absolute atomic E-state index is 0.394. The molecule has 2 N–H and O–H groups in total. The van der Waals surface area contributed by atoms with Gasteiger partial charge in [-0.15, -0.1) is 11.6 Å². The molecule has 1 amide bonds. The van der Waals surface area contributed by atoms with Gasteiger partial charge in [0.15, 0.2) is 0 Å². The molecule has 0 aliphatic rings. The van der Waals surface area contributed by atoms with Gasteiger partial charge in [0, 0.05) is 0 Å². The van der Waals surface area contributed by atoms with Crippen LogP contribution < -0.4 is 5.73 Å². The van der Waals surface area contributed by atoms with Crippen LogP contribution in [0.2, 0.25) is 0 Å². The predicted octanol–water partition coefficient (Wildman–Crippen LogP) is 5.73. The van der Waals surface area contributed by atoms with Gasteiger partial charge in [0.2, 0.25) is 5.91 Å². The summed E-state index contributed by atoms with van der Waals surface area (Å²) in [4.78, 5) is 10.7. The summed E-state index contributed by atoms with van der Waals surface area (Å²) in [6.07, 6.45) is 20.6. The number of amides is 1. The molecule has 1 atom stereocenters. The van der Waals surface area contributed by atoms with Crippen LogP contribution >= 0.6 is 11.6 Å². The van der Waals surface area contributed by atoms with E-state index in [2.05, 4.69) is 19.1 Å². The highest BCUT2D eigenvalue weighted by molar-refractivity contribution is 6.30. The average Bonchev–Trinajstić information content (AvgIpc) is 2.47. The molecule has 124 valence electrons. The summed E-state index contributed by atoms with van der Waals surface area (Å²) in [6, 6.07) is 0. The van der Waals surface area contributed by atoms with Crippen LogP contribution in [0.5, 0.6) is 0 Å². The van der Waals surface area contributed by atoms with Crippen molar-refractivity contribution in [3.63, 3.8) is 0 Å². The Morgan fingerprint density at radius 3 is 1.90 bits per heavy atom. The van der Waals surface area contributed by atoms with Crippen LogP contribution in [0.25, 0.3) is 0 Å². The summed E-state index contributed by atoms with van der Waals surface area (Å²) in [5.41, 5.74) is 5.11. The van der Waals surface area contributed by atoms with E-state index in [0.29, 0.717) is 6.42 Å². The highest BCUT2D eigenvalue weighted by Gasteiger charge is 2.09. The molecular formula is C18H34ClNO. The second-order valence-corrected chi connectivity index (χ2v) is 6.42. The number of primary amides is 1. The molecule has 21 heavy (non-hydrogen) atoms. The molecule has 0 aliphatic carbocycles. The molecule has 2 nitrogen and oxygen atoms in total. The topological polar surface area (TPSA) is 43.1 Å². The lowest BCUT2D eigenvalue weighted by Crippen LogP contribution is -2.23. The van der Waals surface area contributed by atoms with E-state index < -0.39 is 11.3 Å². The van der Waals surface area contributed by atoms with Gasteiger partial charge in [0.1, 0.15) is 5.38 Å². The molecular weight excluding hydrogens is 282 g/mol. The van der Waals surface area contributed by atoms with Crippen LogP contribution in [0.4, 0.5) is 0 Å². The van der Waals surface area contributed by atoms with E-state index in [-0.39, 0.29) is 0 Å². The zero-order chi connectivity index (χ0) is 15.8. The fourth-order valence-electron chi connectivity index (χ4n) is 2.36.